The van der Waals surface area contributed by atoms with E-state index in [2.05, 4.69) is 35.2 Å². The van der Waals surface area contributed by atoms with Gasteiger partial charge in [-0.25, -0.2) is 0 Å². The molecule has 0 radical (unpaired) electrons. The van der Waals surface area contributed by atoms with Crippen LogP contribution in [0.3, 0.4) is 0 Å². The average Bonchev–Trinajstić information content (AvgIpc) is 2.47. The van der Waals surface area contributed by atoms with Crippen LogP contribution < -0.4 is 0 Å². The van der Waals surface area contributed by atoms with Gasteiger partial charge in [0.25, 0.3) is 0 Å². The molecule has 2 aromatic carbocycles. The summed E-state index contributed by atoms with van der Waals surface area (Å²) in [6.07, 6.45) is 0. The maximum absolute atomic E-state index is 12.4. The van der Waals surface area contributed by atoms with E-state index in [0.29, 0.717) is 3.12 Å². The van der Waals surface area contributed by atoms with E-state index in [-0.39, 0.29) is 5.78 Å². The molecule has 0 aliphatic heterocycles. The fourth-order valence-electron chi connectivity index (χ4n) is 2.04. The third-order valence-corrected chi connectivity index (χ3v) is 13.7. The molecule has 104 valence electrons. The van der Waals surface area contributed by atoms with Crippen molar-refractivity contribution in [1.82, 2.24) is 0 Å². The van der Waals surface area contributed by atoms with Crippen LogP contribution in [0.5, 0.6) is 0 Å². The van der Waals surface area contributed by atoms with Crippen LogP contribution in [-0.2, 0) is 3.12 Å². The van der Waals surface area contributed by atoms with Gasteiger partial charge >= 0.3 is 130 Å². The SMILES string of the molecule is [CH3][Bi]([CH3])[C](C)(C)c1ccc(C(=O)c2ccccc2)cc1. The first-order valence-electron chi connectivity index (χ1n) is 6.80. The van der Waals surface area contributed by atoms with Crippen molar-refractivity contribution in [2.75, 3.05) is 0 Å². The summed E-state index contributed by atoms with van der Waals surface area (Å²) in [5.41, 5.74) is 2.89. The summed E-state index contributed by atoms with van der Waals surface area (Å²) in [5, 5.41) is 0. The number of rotatable bonds is 4. The van der Waals surface area contributed by atoms with Gasteiger partial charge in [0, 0.05) is 0 Å². The molecule has 0 aromatic heterocycles. The van der Waals surface area contributed by atoms with Crippen LogP contribution in [0.25, 0.3) is 0 Å². The van der Waals surface area contributed by atoms with Crippen molar-refractivity contribution in [3.8, 4) is 0 Å². The number of ketones is 1. The van der Waals surface area contributed by atoms with Gasteiger partial charge in [-0.15, -0.1) is 0 Å². The van der Waals surface area contributed by atoms with Crippen LogP contribution in [-0.4, -0.2) is 27.5 Å². The summed E-state index contributed by atoms with van der Waals surface area (Å²) in [5.74, 6) is 0.0995. The molecule has 0 spiro atoms. The Morgan fingerprint density at radius 1 is 0.850 bits per heavy atom. The summed E-state index contributed by atoms with van der Waals surface area (Å²) in [7, 11) is 0. The summed E-state index contributed by atoms with van der Waals surface area (Å²) < 4.78 is 5.18. The van der Waals surface area contributed by atoms with Gasteiger partial charge in [0.1, 0.15) is 0 Å². The van der Waals surface area contributed by atoms with Gasteiger partial charge < -0.3 is 0 Å². The Morgan fingerprint density at radius 2 is 1.35 bits per heavy atom. The van der Waals surface area contributed by atoms with E-state index >= 15 is 0 Å². The van der Waals surface area contributed by atoms with Crippen molar-refractivity contribution in [1.29, 1.82) is 0 Å². The zero-order valence-corrected chi connectivity index (χ0v) is 16.0. The van der Waals surface area contributed by atoms with E-state index in [1.165, 1.54) is 5.56 Å². The van der Waals surface area contributed by atoms with Crippen molar-refractivity contribution >= 4 is 27.5 Å². The molecule has 0 amide bonds. The van der Waals surface area contributed by atoms with Crippen LogP contribution in [0.15, 0.2) is 54.6 Å². The van der Waals surface area contributed by atoms with Crippen molar-refractivity contribution < 1.29 is 4.79 Å². The molecule has 2 aromatic rings. The third-order valence-electron chi connectivity index (χ3n) is 4.01. The molecule has 2 heteroatoms. The van der Waals surface area contributed by atoms with Crippen LogP contribution in [0.4, 0.5) is 0 Å². The molecule has 0 saturated carbocycles. The van der Waals surface area contributed by atoms with Crippen LogP contribution in [0.1, 0.15) is 35.3 Å². The maximum atomic E-state index is 12.4. The van der Waals surface area contributed by atoms with Crippen molar-refractivity contribution in [3.63, 3.8) is 0 Å². The summed E-state index contributed by atoms with van der Waals surface area (Å²) in [4.78, 5) is 12.4. The Kier molecular flexibility index (Phi) is 4.75. The number of carbonyl (C=O) groups is 1. The minimum absolute atomic E-state index is 0.0995. The fraction of sp³-hybridized carbons (Fsp3) is 0.278. The second kappa shape index (κ2) is 6.18. The van der Waals surface area contributed by atoms with Gasteiger partial charge in [-0.05, 0) is 0 Å². The van der Waals surface area contributed by atoms with Gasteiger partial charge in [0.15, 0.2) is 0 Å². The molecule has 0 saturated heterocycles. The van der Waals surface area contributed by atoms with E-state index < -0.39 is 21.8 Å². The molecule has 0 aliphatic carbocycles. The van der Waals surface area contributed by atoms with E-state index in [9.17, 15) is 4.79 Å². The number of hydrogen-bond acceptors (Lipinski definition) is 1. The third kappa shape index (κ3) is 3.18. The normalized spacial score (nSPS) is 11.7. The van der Waals surface area contributed by atoms with Crippen LogP contribution in [0.2, 0.25) is 9.26 Å². The van der Waals surface area contributed by atoms with E-state index in [4.69, 9.17) is 0 Å². The number of benzene rings is 2. The topological polar surface area (TPSA) is 17.1 Å². The van der Waals surface area contributed by atoms with Crippen molar-refractivity contribution in [3.05, 3.63) is 71.3 Å². The van der Waals surface area contributed by atoms with Gasteiger partial charge in [0.2, 0.25) is 0 Å². The first-order chi connectivity index (χ1) is 9.43. The molecule has 20 heavy (non-hydrogen) atoms. The fourth-order valence-corrected chi connectivity index (χ4v) is 4.63. The monoisotopic (exact) mass is 462 g/mol. The summed E-state index contributed by atoms with van der Waals surface area (Å²) in [6, 6.07) is 17.7. The molecule has 0 N–H and O–H groups in total. The summed E-state index contributed by atoms with van der Waals surface area (Å²) >= 11 is -1.42. The molecule has 0 bridgehead atoms. The minimum atomic E-state index is -1.42. The Hall–Kier alpha value is -1.01. The van der Waals surface area contributed by atoms with Crippen molar-refractivity contribution in [2.24, 2.45) is 0 Å². The predicted octanol–water partition coefficient (Wildman–Crippen LogP) is 4.49. The molecule has 0 heterocycles. The molecular weight excluding hydrogens is 441 g/mol. The molecule has 1 nitrogen and oxygen atoms in total. The Labute approximate surface area is 129 Å². The second-order valence-corrected chi connectivity index (χ2v) is 17.0. The number of carbonyl (C=O) groups excluding carboxylic acids is 1. The number of hydrogen-bond donors (Lipinski definition) is 0. The van der Waals surface area contributed by atoms with E-state index in [1.54, 1.807) is 0 Å². The molecular formula is C18H21BiO. The second-order valence-electron chi connectivity index (χ2n) is 5.73. The average molecular weight is 462 g/mol. The van der Waals surface area contributed by atoms with Crippen molar-refractivity contribution in [2.45, 2.75) is 26.2 Å². The zero-order chi connectivity index (χ0) is 14.8. The summed E-state index contributed by atoms with van der Waals surface area (Å²) in [6.45, 7) is 4.66. The first-order valence-corrected chi connectivity index (χ1v) is 15.5. The molecule has 0 fully saturated rings. The standard InChI is InChI=1S/C16H15O.2CH3.Bi/c1-12(2)13-8-10-15(11-9-13)16(17)14-6-4-3-5-7-14;;;/h3-11H,1-2H3;2*1H3;. The van der Waals surface area contributed by atoms with Gasteiger partial charge in [-0.1, -0.05) is 0 Å². The van der Waals surface area contributed by atoms with E-state index in [0.717, 1.165) is 11.1 Å². The Bertz CT molecular complexity index is 583. The molecule has 0 aliphatic rings. The molecule has 0 atom stereocenters. The van der Waals surface area contributed by atoms with Gasteiger partial charge in [-0.2, -0.15) is 0 Å². The van der Waals surface area contributed by atoms with Gasteiger partial charge in [0.05, 0.1) is 0 Å². The first kappa shape index (κ1) is 15.4. The molecule has 2 rings (SSSR count). The predicted molar refractivity (Wildman–Crippen MR) is 86.8 cm³/mol. The van der Waals surface area contributed by atoms with Gasteiger partial charge in [-0.3, -0.25) is 0 Å². The zero-order valence-electron chi connectivity index (χ0n) is 12.6. The molecule has 0 unspecified atom stereocenters. The van der Waals surface area contributed by atoms with E-state index in [1.807, 2.05) is 42.5 Å². The Morgan fingerprint density at radius 3 is 1.85 bits per heavy atom. The quantitative estimate of drug-likeness (QED) is 0.484. The Balaban J connectivity index is 2.27. The van der Waals surface area contributed by atoms with Crippen LogP contribution >= 0.6 is 0 Å². The van der Waals surface area contributed by atoms with Crippen LogP contribution in [0, 0.1) is 0 Å².